The molecule has 1 rings (SSSR count). The second-order valence-corrected chi connectivity index (χ2v) is 3.60. The standard InChI is InChI=1S/C10H18N2O2/c1-2-3-6-12-9(13)10(11)4-7-14-8-5-10/h2H,1,3-8,11H2,(H,12,13). The van der Waals surface area contributed by atoms with Crippen molar-refractivity contribution in [1.82, 2.24) is 5.32 Å². The van der Waals surface area contributed by atoms with Crippen LogP contribution in [0.25, 0.3) is 0 Å². The van der Waals surface area contributed by atoms with E-state index in [4.69, 9.17) is 10.5 Å². The van der Waals surface area contributed by atoms with E-state index in [1.54, 1.807) is 6.08 Å². The van der Waals surface area contributed by atoms with Crippen LogP contribution in [0.15, 0.2) is 12.7 Å². The number of rotatable bonds is 4. The lowest BCUT2D eigenvalue weighted by atomic mass is 9.90. The van der Waals surface area contributed by atoms with Gasteiger partial charge in [-0.3, -0.25) is 4.79 Å². The maximum absolute atomic E-state index is 11.7. The van der Waals surface area contributed by atoms with Gasteiger partial charge in [-0.25, -0.2) is 0 Å². The largest absolute Gasteiger partial charge is 0.381 e. The van der Waals surface area contributed by atoms with E-state index in [9.17, 15) is 4.79 Å². The van der Waals surface area contributed by atoms with Gasteiger partial charge in [0.05, 0.1) is 5.54 Å². The Balaban J connectivity index is 2.36. The third-order valence-corrected chi connectivity index (χ3v) is 2.47. The van der Waals surface area contributed by atoms with Crippen LogP contribution in [0.3, 0.4) is 0 Å². The third-order valence-electron chi connectivity index (χ3n) is 2.47. The van der Waals surface area contributed by atoms with Crippen molar-refractivity contribution in [3.8, 4) is 0 Å². The zero-order valence-electron chi connectivity index (χ0n) is 8.42. The van der Waals surface area contributed by atoms with Gasteiger partial charge in [0.25, 0.3) is 0 Å². The summed E-state index contributed by atoms with van der Waals surface area (Å²) in [5.74, 6) is -0.0670. The van der Waals surface area contributed by atoms with Crippen LogP contribution in [0, 0.1) is 0 Å². The molecule has 1 saturated heterocycles. The second kappa shape index (κ2) is 5.12. The van der Waals surface area contributed by atoms with Crippen molar-refractivity contribution in [3.05, 3.63) is 12.7 Å². The number of nitrogens with one attached hydrogen (secondary N) is 1. The van der Waals surface area contributed by atoms with E-state index < -0.39 is 5.54 Å². The summed E-state index contributed by atoms with van der Waals surface area (Å²) in [7, 11) is 0. The molecule has 0 atom stereocenters. The molecule has 0 bridgehead atoms. The highest BCUT2D eigenvalue weighted by Gasteiger charge is 2.35. The number of hydrogen-bond donors (Lipinski definition) is 2. The molecule has 1 heterocycles. The molecule has 14 heavy (non-hydrogen) atoms. The Kier molecular flexibility index (Phi) is 4.10. The molecule has 0 aliphatic carbocycles. The third kappa shape index (κ3) is 2.82. The first-order chi connectivity index (χ1) is 6.69. The van der Waals surface area contributed by atoms with E-state index in [1.165, 1.54) is 0 Å². The number of nitrogens with two attached hydrogens (primary N) is 1. The summed E-state index contributed by atoms with van der Waals surface area (Å²) in [5, 5.41) is 2.80. The van der Waals surface area contributed by atoms with Gasteiger partial charge in [-0.05, 0) is 19.3 Å². The van der Waals surface area contributed by atoms with Gasteiger partial charge in [0.2, 0.25) is 5.91 Å². The molecule has 4 nitrogen and oxygen atoms in total. The van der Waals surface area contributed by atoms with E-state index >= 15 is 0 Å². The van der Waals surface area contributed by atoms with E-state index in [0.717, 1.165) is 6.42 Å². The van der Waals surface area contributed by atoms with Crippen LogP contribution in [0.5, 0.6) is 0 Å². The Morgan fingerprint density at radius 3 is 2.79 bits per heavy atom. The minimum atomic E-state index is -0.723. The minimum Gasteiger partial charge on any atom is -0.381 e. The van der Waals surface area contributed by atoms with Crippen LogP contribution >= 0.6 is 0 Å². The van der Waals surface area contributed by atoms with Crippen LogP contribution in [0.2, 0.25) is 0 Å². The van der Waals surface area contributed by atoms with Crippen LogP contribution in [0.1, 0.15) is 19.3 Å². The summed E-state index contributed by atoms with van der Waals surface area (Å²) in [6.07, 6.45) is 3.76. The van der Waals surface area contributed by atoms with Gasteiger partial charge in [0, 0.05) is 19.8 Å². The Labute approximate surface area is 84.5 Å². The average Bonchev–Trinajstić information content (AvgIpc) is 2.19. The van der Waals surface area contributed by atoms with Crippen LogP contribution in [-0.2, 0) is 9.53 Å². The maximum Gasteiger partial charge on any atom is 0.240 e. The fourth-order valence-electron chi connectivity index (χ4n) is 1.43. The zero-order valence-corrected chi connectivity index (χ0v) is 8.42. The SMILES string of the molecule is C=CCCNC(=O)C1(N)CCOCC1. The quantitative estimate of drug-likeness (QED) is 0.500. The molecule has 0 aromatic heterocycles. The summed E-state index contributed by atoms with van der Waals surface area (Å²) >= 11 is 0. The molecule has 0 aromatic rings. The summed E-state index contributed by atoms with van der Waals surface area (Å²) < 4.78 is 5.16. The number of carbonyl (C=O) groups excluding carboxylic acids is 1. The Hall–Kier alpha value is -0.870. The average molecular weight is 198 g/mol. The van der Waals surface area contributed by atoms with Crippen molar-refractivity contribution in [2.24, 2.45) is 5.73 Å². The van der Waals surface area contributed by atoms with Gasteiger partial charge in [-0.15, -0.1) is 6.58 Å². The fourth-order valence-corrected chi connectivity index (χ4v) is 1.43. The molecule has 1 aliphatic heterocycles. The van der Waals surface area contributed by atoms with Crippen molar-refractivity contribution < 1.29 is 9.53 Å². The minimum absolute atomic E-state index is 0.0670. The molecule has 0 saturated carbocycles. The van der Waals surface area contributed by atoms with Crippen molar-refractivity contribution >= 4 is 5.91 Å². The lowest BCUT2D eigenvalue weighted by Crippen LogP contribution is -2.57. The van der Waals surface area contributed by atoms with E-state index in [-0.39, 0.29) is 5.91 Å². The fraction of sp³-hybridized carbons (Fsp3) is 0.700. The number of carbonyl (C=O) groups is 1. The first-order valence-electron chi connectivity index (χ1n) is 4.95. The van der Waals surface area contributed by atoms with Crippen molar-refractivity contribution in [2.45, 2.75) is 24.8 Å². The molecule has 4 heteroatoms. The predicted octanol–water partition coefficient (Wildman–Crippen LogP) is 0.187. The Bertz CT molecular complexity index is 210. The van der Waals surface area contributed by atoms with Crippen molar-refractivity contribution in [3.63, 3.8) is 0 Å². The zero-order chi connectivity index (χ0) is 10.4. The molecule has 0 aromatic carbocycles. The molecule has 1 aliphatic rings. The highest BCUT2D eigenvalue weighted by molar-refractivity contribution is 5.86. The first-order valence-corrected chi connectivity index (χ1v) is 4.95. The molecule has 1 fully saturated rings. The molecule has 0 unspecified atom stereocenters. The van der Waals surface area contributed by atoms with Gasteiger partial charge in [0.15, 0.2) is 0 Å². The molecule has 3 N–H and O–H groups in total. The first kappa shape index (κ1) is 11.2. The van der Waals surface area contributed by atoms with Crippen LogP contribution in [-0.4, -0.2) is 31.2 Å². The number of ether oxygens (including phenoxy) is 1. The lowest BCUT2D eigenvalue weighted by molar-refractivity contribution is -0.129. The molecule has 0 spiro atoms. The summed E-state index contributed by atoms with van der Waals surface area (Å²) in [4.78, 5) is 11.7. The van der Waals surface area contributed by atoms with Crippen molar-refractivity contribution in [1.29, 1.82) is 0 Å². The molecule has 1 amide bonds. The number of amides is 1. The van der Waals surface area contributed by atoms with Gasteiger partial charge in [-0.1, -0.05) is 6.08 Å². The Morgan fingerprint density at radius 1 is 1.57 bits per heavy atom. The molecular formula is C10H18N2O2. The van der Waals surface area contributed by atoms with Crippen molar-refractivity contribution in [2.75, 3.05) is 19.8 Å². The Morgan fingerprint density at radius 2 is 2.21 bits per heavy atom. The summed E-state index contributed by atoms with van der Waals surface area (Å²) in [6.45, 7) is 5.35. The highest BCUT2D eigenvalue weighted by atomic mass is 16.5. The number of hydrogen-bond acceptors (Lipinski definition) is 3. The normalized spacial score (nSPS) is 20.1. The predicted molar refractivity (Wildman–Crippen MR) is 54.8 cm³/mol. The summed E-state index contributed by atoms with van der Waals surface area (Å²) in [6, 6.07) is 0. The van der Waals surface area contributed by atoms with Crippen LogP contribution in [0.4, 0.5) is 0 Å². The smallest absolute Gasteiger partial charge is 0.240 e. The van der Waals surface area contributed by atoms with E-state index in [2.05, 4.69) is 11.9 Å². The van der Waals surface area contributed by atoms with E-state index in [0.29, 0.717) is 32.6 Å². The van der Waals surface area contributed by atoms with Gasteiger partial charge in [0.1, 0.15) is 0 Å². The highest BCUT2D eigenvalue weighted by Crippen LogP contribution is 2.17. The second-order valence-electron chi connectivity index (χ2n) is 3.60. The van der Waals surface area contributed by atoms with Gasteiger partial charge >= 0.3 is 0 Å². The molecule has 80 valence electrons. The van der Waals surface area contributed by atoms with Crippen LogP contribution < -0.4 is 11.1 Å². The monoisotopic (exact) mass is 198 g/mol. The van der Waals surface area contributed by atoms with Gasteiger partial charge < -0.3 is 15.8 Å². The summed E-state index contributed by atoms with van der Waals surface area (Å²) in [5.41, 5.74) is 5.24. The topological polar surface area (TPSA) is 64.4 Å². The lowest BCUT2D eigenvalue weighted by Gasteiger charge is -2.31. The molecular weight excluding hydrogens is 180 g/mol. The van der Waals surface area contributed by atoms with Gasteiger partial charge in [-0.2, -0.15) is 0 Å². The molecule has 0 radical (unpaired) electrons. The maximum atomic E-state index is 11.7. The van der Waals surface area contributed by atoms with E-state index in [1.807, 2.05) is 0 Å².